The van der Waals surface area contributed by atoms with Crippen LogP contribution in [0.2, 0.25) is 0 Å². The van der Waals surface area contributed by atoms with Gasteiger partial charge in [0.2, 0.25) is 0 Å². The topological polar surface area (TPSA) is 78.4 Å². The zero-order chi connectivity index (χ0) is 32.6. The number of carbonyl (C=O) groups excluding carboxylic acids is 1. The van der Waals surface area contributed by atoms with Gasteiger partial charge in [0.05, 0.1) is 5.56 Å². The van der Waals surface area contributed by atoms with Crippen molar-refractivity contribution in [3.05, 3.63) is 71.3 Å². The first-order valence-electron chi connectivity index (χ1n) is 16.6. The number of benzene rings is 1. The predicted molar refractivity (Wildman–Crippen MR) is 185 cm³/mol. The van der Waals surface area contributed by atoms with Crippen molar-refractivity contribution in [2.45, 2.75) is 145 Å². The Bertz CT molecular complexity index is 827. The Balaban J connectivity index is -0.000000515. The molecule has 0 atom stereocenters. The number of allylic oxidation sites excluding steroid dienone is 6. The van der Waals surface area contributed by atoms with Crippen LogP contribution in [0.25, 0.3) is 0 Å². The first kappa shape index (κ1) is 43.9. The molecule has 0 saturated heterocycles. The van der Waals surface area contributed by atoms with Crippen LogP contribution in [0.3, 0.4) is 0 Å². The smallest absolute Gasteiger partial charge is 0.335 e. The van der Waals surface area contributed by atoms with E-state index in [9.17, 15) is 9.59 Å². The highest BCUT2D eigenvalue weighted by molar-refractivity contribution is 5.87. The van der Waals surface area contributed by atoms with Crippen LogP contribution >= 0.6 is 0 Å². The lowest BCUT2D eigenvalue weighted by Gasteiger charge is -2.22. The highest BCUT2D eigenvalue weighted by Crippen LogP contribution is 2.18. The van der Waals surface area contributed by atoms with Crippen molar-refractivity contribution >= 4 is 11.8 Å². The largest absolute Gasteiger partial charge is 0.478 e. The first-order valence-corrected chi connectivity index (χ1v) is 16.6. The van der Waals surface area contributed by atoms with Crippen LogP contribution < -0.4 is 10.6 Å². The lowest BCUT2D eigenvalue weighted by Crippen LogP contribution is -2.30. The summed E-state index contributed by atoms with van der Waals surface area (Å²) in [5.74, 6) is -0.697. The molecule has 0 heterocycles. The summed E-state index contributed by atoms with van der Waals surface area (Å²) in [6, 6.07) is 8.64. The van der Waals surface area contributed by atoms with E-state index >= 15 is 0 Å². The Hall–Kier alpha value is -2.50. The van der Waals surface area contributed by atoms with Crippen molar-refractivity contribution in [1.82, 2.24) is 10.6 Å². The van der Waals surface area contributed by atoms with Crippen molar-refractivity contribution in [3.8, 4) is 0 Å². The molecule has 0 amide bonds. The van der Waals surface area contributed by atoms with Crippen LogP contribution in [-0.2, 0) is 11.3 Å². The summed E-state index contributed by atoms with van der Waals surface area (Å²) in [6.07, 6.45) is 24.0. The highest BCUT2D eigenvalue weighted by Gasteiger charge is 2.17. The molecule has 0 aromatic heterocycles. The van der Waals surface area contributed by atoms with E-state index in [1.807, 2.05) is 60.7 Å². The number of hydrogen-bond donors (Lipinski definition) is 3. The summed E-state index contributed by atoms with van der Waals surface area (Å²) in [7, 11) is 2.01. The van der Waals surface area contributed by atoms with Crippen LogP contribution in [0.4, 0.5) is 0 Å². The molecule has 1 aromatic carbocycles. The molecule has 242 valence electrons. The van der Waals surface area contributed by atoms with Crippen LogP contribution in [-0.4, -0.2) is 36.0 Å². The summed E-state index contributed by atoms with van der Waals surface area (Å²) in [5.41, 5.74) is 2.88. The van der Waals surface area contributed by atoms with Gasteiger partial charge in [-0.1, -0.05) is 110 Å². The van der Waals surface area contributed by atoms with Gasteiger partial charge in [-0.25, -0.2) is 4.79 Å². The number of hydrogen-bond acceptors (Lipinski definition) is 4. The molecular weight excluding hydrogens is 520 g/mol. The molecule has 4 rings (SSSR count). The number of nitrogens with one attached hydrogen (secondary N) is 2. The highest BCUT2D eigenvalue weighted by atomic mass is 16.4. The van der Waals surface area contributed by atoms with E-state index in [0.29, 0.717) is 11.6 Å². The van der Waals surface area contributed by atoms with E-state index in [1.54, 1.807) is 12.1 Å². The number of carboxylic acids is 1. The first-order chi connectivity index (χ1) is 20.3. The molecule has 5 heteroatoms. The second-order valence-electron chi connectivity index (χ2n) is 9.68. The Morgan fingerprint density at radius 1 is 0.857 bits per heavy atom. The number of carbonyl (C=O) groups is 2. The normalized spacial score (nSPS) is 15.0. The van der Waals surface area contributed by atoms with Gasteiger partial charge < -0.3 is 20.5 Å². The summed E-state index contributed by atoms with van der Waals surface area (Å²) in [6.45, 7) is 18.0. The molecule has 0 aliphatic heterocycles. The van der Waals surface area contributed by atoms with Gasteiger partial charge in [-0.15, -0.1) is 0 Å². The zero-order valence-electron chi connectivity index (χ0n) is 28.9. The molecular formula is C37H66N2O3. The maximum Gasteiger partial charge on any atom is 0.335 e. The van der Waals surface area contributed by atoms with E-state index in [2.05, 4.69) is 47.9 Å². The molecule has 0 bridgehead atoms. The Labute approximate surface area is 260 Å². The summed E-state index contributed by atoms with van der Waals surface area (Å²) in [5, 5.41) is 15.5. The van der Waals surface area contributed by atoms with E-state index in [4.69, 9.17) is 5.11 Å². The molecule has 0 radical (unpaired) electrons. The monoisotopic (exact) mass is 587 g/mol. The fourth-order valence-electron chi connectivity index (χ4n) is 3.72. The van der Waals surface area contributed by atoms with Crippen molar-refractivity contribution in [3.63, 3.8) is 0 Å². The summed E-state index contributed by atoms with van der Waals surface area (Å²) in [4.78, 5) is 20.1. The fraction of sp³-hybridized carbons (Fsp3) is 0.622. The summed E-state index contributed by atoms with van der Waals surface area (Å²) >= 11 is 0. The summed E-state index contributed by atoms with van der Waals surface area (Å²) < 4.78 is 0. The molecule has 1 aromatic rings. The molecule has 42 heavy (non-hydrogen) atoms. The Morgan fingerprint density at radius 2 is 1.40 bits per heavy atom. The molecule has 3 N–H and O–H groups in total. The Kier molecular flexibility index (Phi) is 34.5. The van der Waals surface area contributed by atoms with Crippen LogP contribution in [0.15, 0.2) is 60.2 Å². The van der Waals surface area contributed by atoms with E-state index in [0.717, 1.165) is 24.6 Å². The molecule has 2 fully saturated rings. The third-order valence-electron chi connectivity index (χ3n) is 5.96. The molecule has 0 unspecified atom stereocenters. The maximum atomic E-state index is 10.7. The molecule has 3 aliphatic carbocycles. The standard InChI is InChI=1S/C14H19NO2.C10H14.C4H9N.C3H6O.3C2H6/c16-14(17)12-8-6-11(7-9-12)10-15-13-4-2-1-3-5-13;1-2-3-7-10-8-5-4-6-9-10;1-5-4-2-3-4;1-3(2)4;3*1-2/h6-9,13,15H,1-5,10H2,(H,16,17);3,5,7-9H,2,4,6H2,1H3;4-5H,2-3H2,1H3;1-2H3;3*1-2H3/b;7-3-;;;;;. The minimum absolute atomic E-state index is 0.167. The van der Waals surface area contributed by atoms with Gasteiger partial charge in [-0.05, 0) is 89.1 Å². The molecule has 5 nitrogen and oxygen atoms in total. The number of ketones is 1. The van der Waals surface area contributed by atoms with E-state index in [1.165, 1.54) is 77.2 Å². The van der Waals surface area contributed by atoms with E-state index in [-0.39, 0.29) is 5.78 Å². The van der Waals surface area contributed by atoms with Crippen LogP contribution in [0, 0.1) is 0 Å². The van der Waals surface area contributed by atoms with Gasteiger partial charge >= 0.3 is 5.97 Å². The van der Waals surface area contributed by atoms with Crippen LogP contribution in [0.1, 0.15) is 142 Å². The van der Waals surface area contributed by atoms with Gasteiger partial charge in [0, 0.05) is 18.6 Å². The Morgan fingerprint density at radius 3 is 1.79 bits per heavy atom. The third kappa shape index (κ3) is 29.0. The van der Waals surface area contributed by atoms with Crippen molar-refractivity contribution in [1.29, 1.82) is 0 Å². The SMILES string of the molecule is CC.CC.CC.CC(C)=O.CC/C=C\C1=CCCC=C1.CNC1CC1.O=C(O)c1ccc(CNC2CCCCC2)cc1. The van der Waals surface area contributed by atoms with Crippen molar-refractivity contribution in [2.24, 2.45) is 0 Å². The minimum Gasteiger partial charge on any atom is -0.478 e. The van der Waals surface area contributed by atoms with Crippen molar-refractivity contribution in [2.75, 3.05) is 7.05 Å². The quantitative estimate of drug-likeness (QED) is 0.296. The fourth-order valence-corrected chi connectivity index (χ4v) is 3.72. The van der Waals surface area contributed by atoms with Gasteiger partial charge in [-0.2, -0.15) is 0 Å². The third-order valence-corrected chi connectivity index (χ3v) is 5.96. The van der Waals surface area contributed by atoms with Gasteiger partial charge in [-0.3, -0.25) is 0 Å². The number of carboxylic acid groups (broad SMARTS) is 1. The minimum atomic E-state index is -0.864. The number of aromatic carboxylic acids is 1. The van der Waals surface area contributed by atoms with E-state index < -0.39 is 5.97 Å². The van der Waals surface area contributed by atoms with Gasteiger partial charge in [0.15, 0.2) is 0 Å². The lowest BCUT2D eigenvalue weighted by molar-refractivity contribution is -0.115. The average molecular weight is 587 g/mol. The molecule has 2 saturated carbocycles. The molecule has 3 aliphatic rings. The lowest BCUT2D eigenvalue weighted by atomic mass is 9.95. The van der Waals surface area contributed by atoms with Gasteiger partial charge in [0.25, 0.3) is 0 Å². The number of Topliss-reactive ketones (excluding diaryl/α,β-unsaturated/α-hetero) is 1. The second kappa shape index (κ2) is 33.0. The molecule has 0 spiro atoms. The number of rotatable bonds is 7. The maximum absolute atomic E-state index is 10.7. The van der Waals surface area contributed by atoms with Gasteiger partial charge in [0.1, 0.15) is 5.78 Å². The zero-order valence-corrected chi connectivity index (χ0v) is 28.9. The van der Waals surface area contributed by atoms with Crippen LogP contribution in [0.5, 0.6) is 0 Å². The average Bonchev–Trinajstić information content (AvgIpc) is 3.89. The predicted octanol–water partition coefficient (Wildman–Crippen LogP) is 10.1. The van der Waals surface area contributed by atoms with Crippen molar-refractivity contribution < 1.29 is 14.7 Å². The second-order valence-corrected chi connectivity index (χ2v) is 9.68.